The van der Waals surface area contributed by atoms with Gasteiger partial charge in [0.1, 0.15) is 17.4 Å². The molecule has 0 saturated carbocycles. The molecule has 0 aliphatic carbocycles. The Morgan fingerprint density at radius 3 is 2.48 bits per heavy atom. The van der Waals surface area contributed by atoms with Crippen molar-refractivity contribution in [1.29, 1.82) is 0 Å². The summed E-state index contributed by atoms with van der Waals surface area (Å²) in [5.41, 5.74) is -0.500. The van der Waals surface area contributed by atoms with E-state index in [1.807, 2.05) is 0 Å². The fourth-order valence-electron chi connectivity index (χ4n) is 2.50. The number of morpholine rings is 1. The van der Waals surface area contributed by atoms with Crippen molar-refractivity contribution in [3.8, 4) is 5.75 Å². The number of aromatic nitrogens is 2. The molecule has 0 amide bonds. The highest BCUT2D eigenvalue weighted by atomic mass is 35.5. The summed E-state index contributed by atoms with van der Waals surface area (Å²) in [6.07, 6.45) is 1.29. The largest absolute Gasteiger partial charge is 0.492 e. The van der Waals surface area contributed by atoms with Crippen molar-refractivity contribution in [3.05, 3.63) is 50.9 Å². The van der Waals surface area contributed by atoms with E-state index in [1.54, 1.807) is 12.1 Å². The number of hydrogen-bond donors (Lipinski definition) is 0. The van der Waals surface area contributed by atoms with E-state index in [9.17, 15) is 13.2 Å². The molecule has 1 aliphatic rings. The van der Waals surface area contributed by atoms with E-state index in [1.165, 1.54) is 22.6 Å². The van der Waals surface area contributed by atoms with Crippen LogP contribution in [0, 0.1) is 0 Å². The summed E-state index contributed by atoms with van der Waals surface area (Å²) < 4.78 is 38.4. The van der Waals surface area contributed by atoms with Crippen molar-refractivity contribution in [3.63, 3.8) is 0 Å². The molecule has 146 valence electrons. The highest BCUT2D eigenvalue weighted by molar-refractivity contribution is 7.89. The van der Waals surface area contributed by atoms with Crippen molar-refractivity contribution in [2.75, 3.05) is 32.9 Å². The maximum absolute atomic E-state index is 12.6. The van der Waals surface area contributed by atoms with Crippen molar-refractivity contribution in [2.45, 2.75) is 11.4 Å². The second kappa shape index (κ2) is 8.57. The minimum atomic E-state index is -3.54. The smallest absolute Gasteiger partial charge is 0.287 e. The standard InChI is InChI=1S/C16H17Cl2N3O5S/c17-14-11-19-21(16(22)15(14)18)7-10-26-12-1-3-13(4-2-12)27(23,24)20-5-8-25-9-6-20/h1-4,11H,5-10H2. The molecule has 27 heavy (non-hydrogen) atoms. The average molecular weight is 434 g/mol. The summed E-state index contributed by atoms with van der Waals surface area (Å²) in [7, 11) is -3.54. The fourth-order valence-corrected chi connectivity index (χ4v) is 4.18. The van der Waals surface area contributed by atoms with Crippen LogP contribution >= 0.6 is 23.2 Å². The lowest BCUT2D eigenvalue weighted by atomic mass is 10.3. The van der Waals surface area contributed by atoms with Gasteiger partial charge in [-0.1, -0.05) is 23.2 Å². The molecule has 1 aliphatic heterocycles. The molecule has 0 unspecified atom stereocenters. The van der Waals surface area contributed by atoms with Crippen LogP contribution < -0.4 is 10.3 Å². The Kier molecular flexibility index (Phi) is 6.38. The molecule has 0 N–H and O–H groups in total. The van der Waals surface area contributed by atoms with Gasteiger partial charge >= 0.3 is 0 Å². The number of halogens is 2. The molecular weight excluding hydrogens is 417 g/mol. The molecule has 11 heteroatoms. The van der Waals surface area contributed by atoms with Crippen molar-refractivity contribution in [1.82, 2.24) is 14.1 Å². The summed E-state index contributed by atoms with van der Waals surface area (Å²) in [5.74, 6) is 0.476. The van der Waals surface area contributed by atoms with Crippen LogP contribution in [0.4, 0.5) is 0 Å². The molecule has 0 spiro atoms. The SMILES string of the molecule is O=c1c(Cl)c(Cl)cnn1CCOc1ccc(S(=O)(=O)N2CCOCC2)cc1. The Hall–Kier alpha value is -1.65. The van der Waals surface area contributed by atoms with Gasteiger partial charge in [0.15, 0.2) is 0 Å². The molecule has 1 saturated heterocycles. The maximum Gasteiger partial charge on any atom is 0.287 e. The zero-order valence-corrected chi connectivity index (χ0v) is 16.5. The van der Waals surface area contributed by atoms with Gasteiger partial charge in [0, 0.05) is 13.1 Å². The Morgan fingerprint density at radius 2 is 1.81 bits per heavy atom. The molecule has 0 radical (unpaired) electrons. The predicted octanol–water partition coefficient (Wildman–Crippen LogP) is 1.65. The van der Waals surface area contributed by atoms with Crippen LogP contribution in [-0.4, -0.2) is 55.4 Å². The molecule has 2 aromatic rings. The number of sulfonamides is 1. The second-order valence-electron chi connectivity index (χ2n) is 5.67. The van der Waals surface area contributed by atoms with E-state index in [0.717, 1.165) is 4.68 Å². The third-order valence-electron chi connectivity index (χ3n) is 3.95. The van der Waals surface area contributed by atoms with E-state index < -0.39 is 15.6 Å². The lowest BCUT2D eigenvalue weighted by molar-refractivity contribution is 0.0730. The third kappa shape index (κ3) is 4.61. The highest BCUT2D eigenvalue weighted by Gasteiger charge is 2.26. The van der Waals surface area contributed by atoms with Gasteiger partial charge in [0.2, 0.25) is 10.0 Å². The van der Waals surface area contributed by atoms with Crippen molar-refractivity contribution >= 4 is 33.2 Å². The molecule has 0 bridgehead atoms. The van der Waals surface area contributed by atoms with E-state index in [2.05, 4.69) is 5.10 Å². The monoisotopic (exact) mass is 433 g/mol. The molecule has 3 rings (SSSR count). The quantitative estimate of drug-likeness (QED) is 0.687. The third-order valence-corrected chi connectivity index (χ3v) is 6.61. The normalized spacial score (nSPS) is 15.6. The van der Waals surface area contributed by atoms with Gasteiger partial charge in [0.05, 0.1) is 35.9 Å². The van der Waals surface area contributed by atoms with Crippen LogP contribution in [0.15, 0.2) is 40.2 Å². The Morgan fingerprint density at radius 1 is 1.15 bits per heavy atom. The summed E-state index contributed by atoms with van der Waals surface area (Å²) in [4.78, 5) is 12.1. The lowest BCUT2D eigenvalue weighted by Crippen LogP contribution is -2.40. The number of ether oxygens (including phenoxy) is 2. The molecular formula is C16H17Cl2N3O5S. The minimum Gasteiger partial charge on any atom is -0.492 e. The second-order valence-corrected chi connectivity index (χ2v) is 8.39. The molecule has 1 fully saturated rings. The topological polar surface area (TPSA) is 90.7 Å². The Bertz CT molecular complexity index is 957. The number of nitrogens with zero attached hydrogens (tertiary/aromatic N) is 3. The van der Waals surface area contributed by atoms with Crippen molar-refractivity contribution in [2.24, 2.45) is 0 Å². The van der Waals surface area contributed by atoms with Gasteiger partial charge in [0.25, 0.3) is 5.56 Å². The van der Waals surface area contributed by atoms with Crippen LogP contribution in [0.1, 0.15) is 0 Å². The molecule has 0 atom stereocenters. The predicted molar refractivity (Wildman–Crippen MR) is 100 cm³/mol. The van der Waals surface area contributed by atoms with Gasteiger partial charge in [-0.3, -0.25) is 4.79 Å². The molecule has 1 aromatic carbocycles. The van der Waals surface area contributed by atoms with Crippen LogP contribution in [0.2, 0.25) is 10.0 Å². The van der Waals surface area contributed by atoms with E-state index in [0.29, 0.717) is 32.1 Å². The lowest BCUT2D eigenvalue weighted by Gasteiger charge is -2.26. The molecule has 2 heterocycles. The highest BCUT2D eigenvalue weighted by Crippen LogP contribution is 2.20. The van der Waals surface area contributed by atoms with Gasteiger partial charge in [-0.05, 0) is 24.3 Å². The zero-order valence-electron chi connectivity index (χ0n) is 14.2. The number of hydrogen-bond acceptors (Lipinski definition) is 6. The van der Waals surface area contributed by atoms with Gasteiger partial charge in [-0.2, -0.15) is 9.40 Å². The van der Waals surface area contributed by atoms with Gasteiger partial charge in [-0.15, -0.1) is 0 Å². The van der Waals surface area contributed by atoms with Crippen LogP contribution in [-0.2, 0) is 21.3 Å². The Labute approximate surface area is 166 Å². The van der Waals surface area contributed by atoms with Crippen LogP contribution in [0.25, 0.3) is 0 Å². The van der Waals surface area contributed by atoms with E-state index in [4.69, 9.17) is 32.7 Å². The summed E-state index contributed by atoms with van der Waals surface area (Å²) >= 11 is 11.5. The number of benzene rings is 1. The van der Waals surface area contributed by atoms with Gasteiger partial charge in [-0.25, -0.2) is 13.1 Å². The molecule has 8 nitrogen and oxygen atoms in total. The van der Waals surface area contributed by atoms with Crippen molar-refractivity contribution < 1.29 is 17.9 Å². The van der Waals surface area contributed by atoms with E-state index >= 15 is 0 Å². The van der Waals surface area contributed by atoms with Crippen LogP contribution in [0.3, 0.4) is 0 Å². The summed E-state index contributed by atoms with van der Waals surface area (Å²) in [5, 5.41) is 3.88. The summed E-state index contributed by atoms with van der Waals surface area (Å²) in [6.45, 7) is 1.78. The first-order valence-electron chi connectivity index (χ1n) is 8.11. The Balaban J connectivity index is 1.61. The zero-order chi connectivity index (χ0) is 19.4. The summed E-state index contributed by atoms with van der Waals surface area (Å²) in [6, 6.07) is 6.12. The van der Waals surface area contributed by atoms with Crippen LogP contribution in [0.5, 0.6) is 5.75 Å². The molecule has 1 aromatic heterocycles. The fraction of sp³-hybridized carbons (Fsp3) is 0.375. The average Bonchev–Trinajstić information content (AvgIpc) is 2.69. The first-order valence-corrected chi connectivity index (χ1v) is 10.3. The first kappa shape index (κ1) is 20.1. The van der Waals surface area contributed by atoms with Gasteiger partial charge < -0.3 is 9.47 Å². The number of rotatable bonds is 6. The minimum absolute atomic E-state index is 0.0932. The van der Waals surface area contributed by atoms with E-state index in [-0.39, 0.29) is 28.1 Å². The first-order chi connectivity index (χ1) is 12.9. The maximum atomic E-state index is 12.6.